The lowest BCUT2D eigenvalue weighted by Crippen LogP contribution is -2.35. The fourth-order valence-corrected chi connectivity index (χ4v) is 1.62. The number of benzene rings is 1. The van der Waals surface area contributed by atoms with Crippen molar-refractivity contribution in [3.05, 3.63) is 28.2 Å². The number of halogens is 4. The minimum Gasteiger partial charge on any atom is -0.382 e. The molecule has 1 atom stereocenters. The molecule has 1 rings (SSSR count). The van der Waals surface area contributed by atoms with Gasteiger partial charge in [-0.15, -0.1) is 0 Å². The molecule has 6 heteroatoms. The standard InChI is InChI=1S/C10H11BrF3NO/c1-6-4-7(11)2-3-8(6)15-5-9(16)10(12,13)14/h2-4,9,15-16H,5H2,1H3. The summed E-state index contributed by atoms with van der Waals surface area (Å²) in [5.74, 6) is 0. The highest BCUT2D eigenvalue weighted by atomic mass is 79.9. The Labute approximate surface area is 99.6 Å². The van der Waals surface area contributed by atoms with Gasteiger partial charge >= 0.3 is 6.18 Å². The van der Waals surface area contributed by atoms with Crippen LogP contribution in [0.2, 0.25) is 0 Å². The second-order valence-corrected chi connectivity index (χ2v) is 4.31. The fourth-order valence-electron chi connectivity index (χ4n) is 1.15. The molecule has 1 aromatic carbocycles. The van der Waals surface area contributed by atoms with Gasteiger partial charge < -0.3 is 10.4 Å². The third-order valence-electron chi connectivity index (χ3n) is 2.05. The van der Waals surface area contributed by atoms with Crippen molar-refractivity contribution in [2.45, 2.75) is 19.2 Å². The second-order valence-electron chi connectivity index (χ2n) is 3.40. The van der Waals surface area contributed by atoms with Gasteiger partial charge in [0.25, 0.3) is 0 Å². The van der Waals surface area contributed by atoms with E-state index in [1.54, 1.807) is 25.1 Å². The first kappa shape index (κ1) is 13.3. The SMILES string of the molecule is Cc1cc(Br)ccc1NCC(O)C(F)(F)F. The molecule has 0 bridgehead atoms. The van der Waals surface area contributed by atoms with Crippen molar-refractivity contribution in [1.82, 2.24) is 0 Å². The molecule has 90 valence electrons. The summed E-state index contributed by atoms with van der Waals surface area (Å²) >= 11 is 3.25. The first-order valence-electron chi connectivity index (χ1n) is 4.55. The maximum atomic E-state index is 12.0. The Morgan fingerprint density at radius 2 is 2.06 bits per heavy atom. The van der Waals surface area contributed by atoms with Crippen molar-refractivity contribution in [3.8, 4) is 0 Å². The summed E-state index contributed by atoms with van der Waals surface area (Å²) in [7, 11) is 0. The number of anilines is 1. The number of rotatable bonds is 3. The van der Waals surface area contributed by atoms with Crippen molar-refractivity contribution in [3.63, 3.8) is 0 Å². The van der Waals surface area contributed by atoms with Gasteiger partial charge in [-0.1, -0.05) is 15.9 Å². The predicted octanol–water partition coefficient (Wildman–Crippen LogP) is 3.09. The van der Waals surface area contributed by atoms with Gasteiger partial charge in [-0.2, -0.15) is 13.2 Å². The highest BCUT2D eigenvalue weighted by molar-refractivity contribution is 9.10. The Morgan fingerprint density at radius 3 is 2.56 bits per heavy atom. The quantitative estimate of drug-likeness (QED) is 0.899. The van der Waals surface area contributed by atoms with Gasteiger partial charge in [0.05, 0.1) is 0 Å². The molecule has 0 heterocycles. The Bertz CT molecular complexity index is 368. The molecular weight excluding hydrogens is 287 g/mol. The van der Waals surface area contributed by atoms with Crippen LogP contribution in [0.5, 0.6) is 0 Å². The van der Waals surface area contributed by atoms with Crippen LogP contribution in [-0.2, 0) is 0 Å². The number of nitrogens with one attached hydrogen (secondary N) is 1. The van der Waals surface area contributed by atoms with E-state index < -0.39 is 18.8 Å². The lowest BCUT2D eigenvalue weighted by molar-refractivity contribution is -0.198. The van der Waals surface area contributed by atoms with Gasteiger partial charge in [0.2, 0.25) is 0 Å². The molecule has 1 unspecified atom stereocenters. The third kappa shape index (κ3) is 3.68. The molecular formula is C10H11BrF3NO. The van der Waals surface area contributed by atoms with Crippen molar-refractivity contribution < 1.29 is 18.3 Å². The monoisotopic (exact) mass is 297 g/mol. The maximum absolute atomic E-state index is 12.0. The van der Waals surface area contributed by atoms with E-state index in [2.05, 4.69) is 21.2 Å². The number of aliphatic hydroxyl groups excluding tert-OH is 1. The lowest BCUT2D eigenvalue weighted by atomic mass is 10.2. The van der Waals surface area contributed by atoms with E-state index in [9.17, 15) is 13.2 Å². The van der Waals surface area contributed by atoms with Gasteiger partial charge in [0.15, 0.2) is 6.10 Å². The van der Waals surface area contributed by atoms with Gasteiger partial charge in [-0.3, -0.25) is 0 Å². The molecule has 16 heavy (non-hydrogen) atoms. The highest BCUT2D eigenvalue weighted by Crippen LogP contribution is 2.23. The zero-order valence-electron chi connectivity index (χ0n) is 8.48. The Hall–Kier alpha value is -0.750. The third-order valence-corrected chi connectivity index (χ3v) is 2.55. The van der Waals surface area contributed by atoms with Crippen molar-refractivity contribution >= 4 is 21.6 Å². The van der Waals surface area contributed by atoms with E-state index in [0.29, 0.717) is 5.69 Å². The number of aliphatic hydroxyl groups is 1. The molecule has 1 aromatic rings. The van der Waals surface area contributed by atoms with E-state index in [1.807, 2.05) is 0 Å². The van der Waals surface area contributed by atoms with Crippen LogP contribution in [0.4, 0.5) is 18.9 Å². The van der Waals surface area contributed by atoms with E-state index in [1.165, 1.54) is 0 Å². The molecule has 0 fully saturated rings. The smallest absolute Gasteiger partial charge is 0.382 e. The molecule has 0 spiro atoms. The van der Waals surface area contributed by atoms with Crippen LogP contribution < -0.4 is 5.32 Å². The molecule has 0 aliphatic carbocycles. The van der Waals surface area contributed by atoms with Crippen LogP contribution in [0.1, 0.15) is 5.56 Å². The molecule has 0 saturated heterocycles. The molecule has 0 saturated carbocycles. The molecule has 2 N–H and O–H groups in total. The largest absolute Gasteiger partial charge is 0.416 e. The summed E-state index contributed by atoms with van der Waals surface area (Å²) in [6.45, 7) is 1.22. The van der Waals surface area contributed by atoms with Crippen molar-refractivity contribution in [1.29, 1.82) is 0 Å². The summed E-state index contributed by atoms with van der Waals surface area (Å²) in [5.41, 5.74) is 1.38. The molecule has 0 radical (unpaired) electrons. The Morgan fingerprint density at radius 1 is 1.44 bits per heavy atom. The van der Waals surface area contributed by atoms with Gasteiger partial charge in [0.1, 0.15) is 0 Å². The van der Waals surface area contributed by atoms with Gasteiger partial charge in [-0.05, 0) is 30.7 Å². The topological polar surface area (TPSA) is 32.3 Å². The number of hydrogen-bond donors (Lipinski definition) is 2. The van der Waals surface area contributed by atoms with Crippen LogP contribution in [-0.4, -0.2) is 23.9 Å². The van der Waals surface area contributed by atoms with Crippen LogP contribution in [0, 0.1) is 6.92 Å². The van der Waals surface area contributed by atoms with Gasteiger partial charge in [0, 0.05) is 16.7 Å². The first-order valence-corrected chi connectivity index (χ1v) is 5.35. The maximum Gasteiger partial charge on any atom is 0.416 e. The molecule has 0 aliphatic heterocycles. The molecule has 0 aliphatic rings. The van der Waals surface area contributed by atoms with Crippen LogP contribution >= 0.6 is 15.9 Å². The van der Waals surface area contributed by atoms with Crippen LogP contribution in [0.25, 0.3) is 0 Å². The predicted molar refractivity (Wildman–Crippen MR) is 59.4 cm³/mol. The van der Waals surface area contributed by atoms with E-state index in [-0.39, 0.29) is 0 Å². The summed E-state index contributed by atoms with van der Waals surface area (Å²) in [5, 5.41) is 11.4. The average molecular weight is 298 g/mol. The summed E-state index contributed by atoms with van der Waals surface area (Å²) in [6.07, 6.45) is -6.94. The zero-order chi connectivity index (χ0) is 12.3. The fraction of sp³-hybridized carbons (Fsp3) is 0.400. The summed E-state index contributed by atoms with van der Waals surface area (Å²) in [4.78, 5) is 0. The van der Waals surface area contributed by atoms with Gasteiger partial charge in [-0.25, -0.2) is 0 Å². The number of alkyl halides is 3. The van der Waals surface area contributed by atoms with E-state index in [0.717, 1.165) is 10.0 Å². The number of aryl methyl sites for hydroxylation is 1. The van der Waals surface area contributed by atoms with Crippen LogP contribution in [0.3, 0.4) is 0 Å². The van der Waals surface area contributed by atoms with Crippen LogP contribution in [0.15, 0.2) is 22.7 Å². The van der Waals surface area contributed by atoms with Crippen molar-refractivity contribution in [2.24, 2.45) is 0 Å². The Kier molecular flexibility index (Phi) is 4.21. The zero-order valence-corrected chi connectivity index (χ0v) is 10.1. The highest BCUT2D eigenvalue weighted by Gasteiger charge is 2.37. The number of hydrogen-bond acceptors (Lipinski definition) is 2. The first-order chi connectivity index (χ1) is 7.30. The normalized spacial score (nSPS) is 13.6. The minimum absolute atomic E-state index is 0.550. The lowest BCUT2D eigenvalue weighted by Gasteiger charge is -2.16. The second kappa shape index (κ2) is 5.05. The molecule has 0 aromatic heterocycles. The minimum atomic E-state index is -4.59. The Balaban J connectivity index is 2.62. The van der Waals surface area contributed by atoms with Crippen molar-refractivity contribution in [2.75, 3.05) is 11.9 Å². The van der Waals surface area contributed by atoms with E-state index in [4.69, 9.17) is 5.11 Å². The summed E-state index contributed by atoms with van der Waals surface area (Å²) in [6, 6.07) is 5.15. The van der Waals surface area contributed by atoms with E-state index >= 15 is 0 Å². The summed E-state index contributed by atoms with van der Waals surface area (Å²) < 4.78 is 36.9. The molecule has 2 nitrogen and oxygen atoms in total. The molecule has 0 amide bonds. The average Bonchev–Trinajstić information content (AvgIpc) is 2.14.